The maximum Gasteiger partial charge on any atom is 0.328 e. The molecule has 96 valence electrons. The van der Waals surface area contributed by atoms with E-state index < -0.39 is 0 Å². The van der Waals surface area contributed by atoms with E-state index in [1.54, 1.807) is 17.2 Å². The molecule has 0 atom stereocenters. The fraction of sp³-hybridized carbons (Fsp3) is 0.154. The first-order chi connectivity index (χ1) is 9.15. The van der Waals surface area contributed by atoms with Crippen LogP contribution in [0.4, 0.5) is 10.5 Å². The van der Waals surface area contributed by atoms with E-state index in [9.17, 15) is 9.59 Å². The Kier molecular flexibility index (Phi) is 2.94. The molecule has 0 bridgehead atoms. The van der Waals surface area contributed by atoms with Crippen LogP contribution in [0.3, 0.4) is 0 Å². The first-order valence-corrected chi connectivity index (χ1v) is 6.60. The maximum absolute atomic E-state index is 11.9. The number of amides is 3. The van der Waals surface area contributed by atoms with Gasteiger partial charge in [0.2, 0.25) is 5.91 Å². The molecule has 1 N–H and O–H groups in total. The smallest absolute Gasteiger partial charge is 0.293 e. The van der Waals surface area contributed by atoms with Gasteiger partial charge in [0, 0.05) is 29.0 Å². The average Bonchev–Trinajstić information content (AvgIpc) is 2.38. The second kappa shape index (κ2) is 4.62. The van der Waals surface area contributed by atoms with Crippen LogP contribution < -0.4 is 10.2 Å². The summed E-state index contributed by atoms with van der Waals surface area (Å²) in [5.74, 6) is -0.234. The van der Waals surface area contributed by atoms with Crippen LogP contribution in [0.15, 0.2) is 34.9 Å². The summed E-state index contributed by atoms with van der Waals surface area (Å²) in [5, 5.41) is 3.21. The zero-order valence-electron chi connectivity index (χ0n) is 9.89. The molecule has 3 amide bonds. The molecule has 1 aliphatic heterocycles. The molecule has 0 aliphatic carbocycles. The third-order valence-electron chi connectivity index (χ3n) is 3.03. The summed E-state index contributed by atoms with van der Waals surface area (Å²) in [6, 6.07) is 7.11. The van der Waals surface area contributed by atoms with E-state index in [-0.39, 0.29) is 11.9 Å². The number of aromatic nitrogens is 1. The lowest BCUT2D eigenvalue weighted by Gasteiger charge is -2.27. The number of urea groups is 1. The van der Waals surface area contributed by atoms with Crippen molar-refractivity contribution in [2.24, 2.45) is 0 Å². The second-order valence-corrected chi connectivity index (χ2v) is 5.16. The predicted molar refractivity (Wildman–Crippen MR) is 74.9 cm³/mol. The van der Waals surface area contributed by atoms with E-state index >= 15 is 0 Å². The molecular formula is C13H10BrN3O2. The number of pyridine rings is 1. The fourth-order valence-electron chi connectivity index (χ4n) is 2.14. The third kappa shape index (κ3) is 2.19. The summed E-state index contributed by atoms with van der Waals surface area (Å²) in [6.07, 6.45) is 1.97. The predicted octanol–water partition coefficient (Wildman–Crippen LogP) is 2.44. The minimum Gasteiger partial charge on any atom is -0.293 e. The summed E-state index contributed by atoms with van der Waals surface area (Å²) >= 11 is 3.40. The first-order valence-electron chi connectivity index (χ1n) is 5.81. The van der Waals surface area contributed by atoms with Gasteiger partial charge in [-0.15, -0.1) is 0 Å². The van der Waals surface area contributed by atoms with E-state index in [2.05, 4.69) is 26.2 Å². The van der Waals surface area contributed by atoms with Crippen LogP contribution in [0.25, 0.3) is 10.9 Å². The fourth-order valence-corrected chi connectivity index (χ4v) is 2.48. The van der Waals surface area contributed by atoms with E-state index in [4.69, 9.17) is 0 Å². The Balaban J connectivity index is 2.10. The molecule has 1 aromatic carbocycles. The number of benzene rings is 1. The largest absolute Gasteiger partial charge is 0.328 e. The monoisotopic (exact) mass is 319 g/mol. The SMILES string of the molecule is O=C1CCN(c2ccnc3cc(Br)ccc23)C(=O)N1. The highest BCUT2D eigenvalue weighted by molar-refractivity contribution is 9.10. The molecular weight excluding hydrogens is 310 g/mol. The molecule has 1 aliphatic rings. The lowest BCUT2D eigenvalue weighted by molar-refractivity contribution is -0.120. The normalized spacial score (nSPS) is 15.7. The van der Waals surface area contributed by atoms with Crippen molar-refractivity contribution in [2.75, 3.05) is 11.4 Å². The van der Waals surface area contributed by atoms with Crippen molar-refractivity contribution in [1.29, 1.82) is 0 Å². The summed E-state index contributed by atoms with van der Waals surface area (Å²) in [5.41, 5.74) is 1.57. The zero-order chi connectivity index (χ0) is 13.4. The van der Waals surface area contributed by atoms with Crippen LogP contribution in [-0.4, -0.2) is 23.5 Å². The molecule has 5 nitrogen and oxygen atoms in total. The Morgan fingerprint density at radius 2 is 2.11 bits per heavy atom. The van der Waals surface area contributed by atoms with E-state index in [0.717, 1.165) is 21.1 Å². The van der Waals surface area contributed by atoms with Gasteiger partial charge in [0.15, 0.2) is 0 Å². The molecule has 0 unspecified atom stereocenters. The quantitative estimate of drug-likeness (QED) is 0.878. The van der Waals surface area contributed by atoms with Crippen molar-refractivity contribution in [3.8, 4) is 0 Å². The lowest BCUT2D eigenvalue weighted by atomic mass is 10.1. The summed E-state index contributed by atoms with van der Waals surface area (Å²) in [4.78, 5) is 28.9. The maximum atomic E-state index is 11.9. The molecule has 1 aromatic heterocycles. The number of halogens is 1. The Morgan fingerprint density at radius 3 is 2.89 bits per heavy atom. The molecule has 0 radical (unpaired) electrons. The van der Waals surface area contributed by atoms with Gasteiger partial charge < -0.3 is 0 Å². The van der Waals surface area contributed by atoms with E-state index in [1.807, 2.05) is 18.2 Å². The lowest BCUT2D eigenvalue weighted by Crippen LogP contribution is -2.49. The number of nitrogens with one attached hydrogen (secondary N) is 1. The number of carbonyl (C=O) groups is 2. The molecule has 6 heteroatoms. The highest BCUT2D eigenvalue weighted by atomic mass is 79.9. The average molecular weight is 320 g/mol. The van der Waals surface area contributed by atoms with Crippen LogP contribution in [0.2, 0.25) is 0 Å². The topological polar surface area (TPSA) is 62.3 Å². The minimum atomic E-state index is -0.383. The van der Waals surface area contributed by atoms with Gasteiger partial charge in [-0.1, -0.05) is 15.9 Å². The summed E-state index contributed by atoms with van der Waals surface area (Å²) in [6.45, 7) is 0.389. The number of fused-ring (bicyclic) bond motifs is 1. The number of carbonyl (C=O) groups excluding carboxylic acids is 2. The first kappa shape index (κ1) is 12.1. The molecule has 2 heterocycles. The van der Waals surface area contributed by atoms with Gasteiger partial charge in [-0.05, 0) is 24.3 Å². The number of nitrogens with zero attached hydrogens (tertiary/aromatic N) is 2. The van der Waals surface area contributed by atoms with Gasteiger partial charge in [0.05, 0.1) is 11.2 Å². The standard InChI is InChI=1S/C13H10BrN3O2/c14-8-1-2-9-10(7-8)15-5-3-11(9)17-6-4-12(18)16-13(17)19/h1-3,5,7H,4,6H2,(H,16,18,19). The Morgan fingerprint density at radius 1 is 1.26 bits per heavy atom. The van der Waals surface area contributed by atoms with Gasteiger partial charge in [-0.3, -0.25) is 20.0 Å². The highest BCUT2D eigenvalue weighted by Gasteiger charge is 2.25. The van der Waals surface area contributed by atoms with Crippen molar-refractivity contribution in [3.63, 3.8) is 0 Å². The van der Waals surface area contributed by atoms with Crippen LogP contribution in [0.1, 0.15) is 6.42 Å². The molecule has 1 fully saturated rings. The molecule has 19 heavy (non-hydrogen) atoms. The number of rotatable bonds is 1. The van der Waals surface area contributed by atoms with E-state index in [1.165, 1.54) is 0 Å². The van der Waals surface area contributed by atoms with Crippen LogP contribution in [0.5, 0.6) is 0 Å². The number of anilines is 1. The van der Waals surface area contributed by atoms with Crippen molar-refractivity contribution in [2.45, 2.75) is 6.42 Å². The van der Waals surface area contributed by atoms with Crippen molar-refractivity contribution in [3.05, 3.63) is 34.9 Å². The van der Waals surface area contributed by atoms with Crippen molar-refractivity contribution >= 4 is 44.5 Å². The van der Waals surface area contributed by atoms with E-state index in [0.29, 0.717) is 13.0 Å². The Bertz CT molecular complexity index is 687. The third-order valence-corrected chi connectivity index (χ3v) is 3.52. The molecule has 3 rings (SSSR count). The molecule has 1 saturated heterocycles. The summed E-state index contributed by atoms with van der Waals surface area (Å²) < 4.78 is 0.933. The Labute approximate surface area is 117 Å². The van der Waals surface area contributed by atoms with Crippen LogP contribution in [0, 0.1) is 0 Å². The number of imide groups is 1. The van der Waals surface area contributed by atoms with Gasteiger partial charge in [0.1, 0.15) is 0 Å². The van der Waals surface area contributed by atoms with Crippen molar-refractivity contribution in [1.82, 2.24) is 10.3 Å². The number of hydrogen-bond donors (Lipinski definition) is 1. The molecule has 0 saturated carbocycles. The molecule has 2 aromatic rings. The highest BCUT2D eigenvalue weighted by Crippen LogP contribution is 2.28. The van der Waals surface area contributed by atoms with Gasteiger partial charge in [0.25, 0.3) is 0 Å². The van der Waals surface area contributed by atoms with Crippen molar-refractivity contribution < 1.29 is 9.59 Å². The second-order valence-electron chi connectivity index (χ2n) is 4.25. The minimum absolute atomic E-state index is 0.234. The summed E-state index contributed by atoms with van der Waals surface area (Å²) in [7, 11) is 0. The molecule has 0 spiro atoms. The van der Waals surface area contributed by atoms with Crippen LogP contribution in [-0.2, 0) is 4.79 Å². The zero-order valence-corrected chi connectivity index (χ0v) is 11.5. The van der Waals surface area contributed by atoms with Gasteiger partial charge in [-0.2, -0.15) is 0 Å². The van der Waals surface area contributed by atoms with Gasteiger partial charge in [-0.25, -0.2) is 4.79 Å². The number of hydrogen-bond acceptors (Lipinski definition) is 3. The Hall–Kier alpha value is -1.95. The van der Waals surface area contributed by atoms with Crippen LogP contribution >= 0.6 is 15.9 Å². The van der Waals surface area contributed by atoms with Gasteiger partial charge >= 0.3 is 6.03 Å².